The van der Waals surface area contributed by atoms with Gasteiger partial charge in [-0.2, -0.15) is 0 Å². The summed E-state index contributed by atoms with van der Waals surface area (Å²) in [5.41, 5.74) is -5.39. The molecule has 6 aliphatic rings. The average molecular weight is 555 g/mol. The van der Waals surface area contributed by atoms with Crippen LogP contribution in [0.25, 0.3) is 0 Å². The normalized spacial score (nSPS) is 49.5. The van der Waals surface area contributed by atoms with Crippen molar-refractivity contribution in [2.24, 2.45) is 33.5 Å². The molecule has 3 aliphatic carbocycles. The van der Waals surface area contributed by atoms with Crippen LogP contribution in [-0.4, -0.2) is 58.9 Å². The SMILES string of the molecule is CC(C)CC(=O)O[C@@H]1[C@H](O)[C@]23C(=O)C=C[C@]2(COC3(C)C)[C@H]2CC[C@@]3(C)[C@H](c4ccoc4)OC(=O)[C@H]4O[C@]43[C@]12C. The summed E-state index contributed by atoms with van der Waals surface area (Å²) in [6.45, 7) is 11.8. The van der Waals surface area contributed by atoms with Crippen molar-refractivity contribution in [2.75, 3.05) is 6.61 Å². The minimum Gasteiger partial charge on any atom is -0.472 e. The molecule has 1 spiro atoms. The van der Waals surface area contributed by atoms with Gasteiger partial charge in [0.15, 0.2) is 11.9 Å². The predicted octanol–water partition coefficient (Wildman–Crippen LogP) is 3.69. The molecule has 5 fully saturated rings. The number of carbonyl (C=O) groups excluding carboxylic acids is 3. The summed E-state index contributed by atoms with van der Waals surface area (Å²) in [5.74, 6) is -1.41. The number of hydrogen-bond acceptors (Lipinski definition) is 9. The number of epoxide rings is 1. The molecule has 40 heavy (non-hydrogen) atoms. The van der Waals surface area contributed by atoms with Crippen LogP contribution in [0.5, 0.6) is 0 Å². The summed E-state index contributed by atoms with van der Waals surface area (Å²) < 4.78 is 30.6. The Hall–Kier alpha value is -2.49. The molecule has 0 bridgehead atoms. The third kappa shape index (κ3) is 2.56. The summed E-state index contributed by atoms with van der Waals surface area (Å²) in [7, 11) is 0. The first kappa shape index (κ1) is 26.4. The number of allylic oxidation sites excluding steroid dienone is 1. The standard InChI is InChI=1S/C31H38O9/c1-16(2)13-20(33)38-23-21(34)30-19(32)8-11-29(30,15-37-26(30,3)4)18-7-10-27(5)22(17-9-12-36-14-17)39-25(35)24-31(27,40-24)28(18,23)6/h8-9,11-12,14,16,18,21-24,34H,7,10,13,15H2,1-6H3/t18-,21-,22-,23+,24+,27-,28-,29-,30-,31+/m0/s1. The number of ketones is 1. The summed E-state index contributed by atoms with van der Waals surface area (Å²) in [6, 6.07) is 1.79. The molecule has 4 heterocycles. The lowest BCUT2D eigenvalue weighted by Crippen LogP contribution is -2.79. The highest BCUT2D eigenvalue weighted by atomic mass is 16.7. The van der Waals surface area contributed by atoms with Crippen LogP contribution in [0.3, 0.4) is 0 Å². The van der Waals surface area contributed by atoms with Gasteiger partial charge < -0.3 is 28.5 Å². The van der Waals surface area contributed by atoms with E-state index < -0.39 is 69.2 Å². The molecule has 3 saturated heterocycles. The highest BCUT2D eigenvalue weighted by molar-refractivity contribution is 6.01. The van der Waals surface area contributed by atoms with Crippen LogP contribution in [0.15, 0.2) is 35.2 Å². The number of aliphatic hydroxyl groups is 1. The van der Waals surface area contributed by atoms with Gasteiger partial charge >= 0.3 is 11.9 Å². The van der Waals surface area contributed by atoms with Crippen molar-refractivity contribution < 1.29 is 42.9 Å². The quantitative estimate of drug-likeness (QED) is 0.438. The third-order valence-corrected chi connectivity index (χ3v) is 11.9. The number of rotatable bonds is 4. The Kier molecular flexibility index (Phi) is 5.06. The van der Waals surface area contributed by atoms with Gasteiger partial charge in [-0.05, 0) is 50.7 Å². The molecular weight excluding hydrogens is 516 g/mol. The van der Waals surface area contributed by atoms with Crippen molar-refractivity contribution in [3.05, 3.63) is 36.3 Å². The predicted molar refractivity (Wildman–Crippen MR) is 138 cm³/mol. The van der Waals surface area contributed by atoms with Crippen LogP contribution in [-0.2, 0) is 33.3 Å². The first-order valence-corrected chi connectivity index (χ1v) is 14.4. The summed E-state index contributed by atoms with van der Waals surface area (Å²) in [4.78, 5) is 40.8. The van der Waals surface area contributed by atoms with E-state index in [4.69, 9.17) is 23.4 Å². The largest absolute Gasteiger partial charge is 0.472 e. The zero-order chi connectivity index (χ0) is 28.7. The van der Waals surface area contributed by atoms with Gasteiger partial charge in [0.2, 0.25) is 0 Å². The van der Waals surface area contributed by atoms with Crippen molar-refractivity contribution in [3.8, 4) is 0 Å². The Labute approximate surface area is 233 Å². The van der Waals surface area contributed by atoms with Crippen molar-refractivity contribution in [1.82, 2.24) is 0 Å². The fraction of sp³-hybridized carbons (Fsp3) is 0.710. The van der Waals surface area contributed by atoms with E-state index in [0.717, 1.165) is 5.56 Å². The maximum atomic E-state index is 13.9. The van der Waals surface area contributed by atoms with Gasteiger partial charge in [0.1, 0.15) is 29.3 Å². The molecule has 1 aromatic rings. The number of fused-ring (bicyclic) bond motifs is 1. The van der Waals surface area contributed by atoms with Crippen molar-refractivity contribution >= 4 is 17.7 Å². The minimum atomic E-state index is -1.39. The number of esters is 2. The molecule has 3 aliphatic heterocycles. The highest BCUT2D eigenvalue weighted by Gasteiger charge is 2.93. The Morgan fingerprint density at radius 3 is 2.60 bits per heavy atom. The molecule has 216 valence electrons. The lowest BCUT2D eigenvalue weighted by molar-refractivity contribution is -0.288. The molecular formula is C31H38O9. The summed E-state index contributed by atoms with van der Waals surface area (Å²) in [5, 5.41) is 12.5. The van der Waals surface area contributed by atoms with E-state index in [1.807, 2.05) is 40.7 Å². The van der Waals surface area contributed by atoms with Crippen LogP contribution in [0.4, 0.5) is 0 Å². The third-order valence-electron chi connectivity index (χ3n) is 11.9. The van der Waals surface area contributed by atoms with E-state index in [-0.39, 0.29) is 30.6 Å². The molecule has 0 radical (unpaired) electrons. The first-order valence-electron chi connectivity index (χ1n) is 14.4. The van der Waals surface area contributed by atoms with Crippen LogP contribution in [0, 0.1) is 33.5 Å². The van der Waals surface area contributed by atoms with E-state index in [1.165, 1.54) is 0 Å². The minimum absolute atomic E-state index is 0.0324. The number of furan rings is 1. The van der Waals surface area contributed by atoms with E-state index in [1.54, 1.807) is 24.7 Å². The topological polar surface area (TPSA) is 125 Å². The second-order valence-electron chi connectivity index (χ2n) is 14.2. The Balaban J connectivity index is 1.46. The van der Waals surface area contributed by atoms with Gasteiger partial charge in [-0.25, -0.2) is 4.79 Å². The molecule has 0 amide bonds. The van der Waals surface area contributed by atoms with E-state index in [0.29, 0.717) is 12.8 Å². The van der Waals surface area contributed by atoms with Gasteiger partial charge in [0.05, 0.1) is 24.7 Å². The van der Waals surface area contributed by atoms with Crippen molar-refractivity contribution in [3.63, 3.8) is 0 Å². The van der Waals surface area contributed by atoms with Gasteiger partial charge in [0.25, 0.3) is 0 Å². The summed E-state index contributed by atoms with van der Waals surface area (Å²) in [6.07, 6.45) is 3.98. The van der Waals surface area contributed by atoms with Crippen LogP contribution in [0.2, 0.25) is 0 Å². The van der Waals surface area contributed by atoms with Crippen LogP contribution >= 0.6 is 0 Å². The highest BCUT2D eigenvalue weighted by Crippen LogP contribution is 2.82. The second-order valence-corrected chi connectivity index (χ2v) is 14.2. The second kappa shape index (κ2) is 7.66. The van der Waals surface area contributed by atoms with Crippen LogP contribution < -0.4 is 0 Å². The van der Waals surface area contributed by atoms with E-state index in [9.17, 15) is 19.5 Å². The average Bonchev–Trinajstić information content (AvgIpc) is 3.17. The molecule has 0 aromatic carbocycles. The fourth-order valence-electron chi connectivity index (χ4n) is 10.4. The zero-order valence-corrected chi connectivity index (χ0v) is 23.9. The number of aliphatic hydroxyl groups excluding tert-OH is 1. The Bertz CT molecular complexity index is 1330. The van der Waals surface area contributed by atoms with E-state index in [2.05, 4.69) is 6.92 Å². The van der Waals surface area contributed by atoms with Crippen molar-refractivity contribution in [2.45, 2.75) is 96.4 Å². The molecule has 2 saturated carbocycles. The van der Waals surface area contributed by atoms with Gasteiger partial charge in [-0.1, -0.05) is 33.8 Å². The molecule has 1 aromatic heterocycles. The van der Waals surface area contributed by atoms with Crippen LogP contribution in [0.1, 0.15) is 72.5 Å². The maximum absolute atomic E-state index is 13.9. The number of hydrogen-bond donors (Lipinski definition) is 1. The number of ether oxygens (including phenoxy) is 4. The van der Waals surface area contributed by atoms with Crippen molar-refractivity contribution in [1.29, 1.82) is 0 Å². The smallest absolute Gasteiger partial charge is 0.339 e. The van der Waals surface area contributed by atoms with Gasteiger partial charge in [0, 0.05) is 28.2 Å². The van der Waals surface area contributed by atoms with E-state index >= 15 is 0 Å². The molecule has 7 rings (SSSR count). The Morgan fingerprint density at radius 2 is 1.93 bits per heavy atom. The lowest BCUT2D eigenvalue weighted by Gasteiger charge is -2.69. The first-order chi connectivity index (χ1) is 18.7. The molecule has 9 heteroatoms. The lowest BCUT2D eigenvalue weighted by atomic mass is 9.34. The molecule has 1 N–H and O–H groups in total. The number of cyclic esters (lactones) is 1. The van der Waals surface area contributed by atoms with Gasteiger partial charge in [-0.3, -0.25) is 9.59 Å². The monoisotopic (exact) mass is 554 g/mol. The molecule has 0 unspecified atom stereocenters. The summed E-state index contributed by atoms with van der Waals surface area (Å²) >= 11 is 0. The zero-order valence-electron chi connectivity index (χ0n) is 23.9. The fourth-order valence-corrected chi connectivity index (χ4v) is 10.4. The van der Waals surface area contributed by atoms with Gasteiger partial charge in [-0.15, -0.1) is 0 Å². The maximum Gasteiger partial charge on any atom is 0.339 e. The molecule has 10 atom stereocenters. The Morgan fingerprint density at radius 1 is 1.18 bits per heavy atom. The molecule has 9 nitrogen and oxygen atoms in total. The number of carbonyl (C=O) groups is 3.